The zero-order valence-electron chi connectivity index (χ0n) is 10.3. The molecule has 0 saturated carbocycles. The second-order valence-electron chi connectivity index (χ2n) is 5.04. The van der Waals surface area contributed by atoms with E-state index in [1.54, 1.807) is 12.1 Å². The second-order valence-corrected chi connectivity index (χ2v) is 5.82. The van der Waals surface area contributed by atoms with Crippen molar-refractivity contribution >= 4 is 21.8 Å². The number of furan rings is 1. The van der Waals surface area contributed by atoms with Gasteiger partial charge in [-0.2, -0.15) is 0 Å². The van der Waals surface area contributed by atoms with Crippen molar-refractivity contribution in [3.8, 4) is 0 Å². The molecular formula is C13H17BrN2O2. The van der Waals surface area contributed by atoms with E-state index in [-0.39, 0.29) is 5.91 Å². The molecule has 3 heterocycles. The average Bonchev–Trinajstić information content (AvgIpc) is 2.84. The minimum Gasteiger partial charge on any atom is -0.444 e. The molecule has 0 spiro atoms. The lowest BCUT2D eigenvalue weighted by Crippen LogP contribution is -2.56. The molecule has 0 aliphatic carbocycles. The van der Waals surface area contributed by atoms with Crippen molar-refractivity contribution in [2.45, 2.75) is 25.3 Å². The van der Waals surface area contributed by atoms with Crippen molar-refractivity contribution in [2.24, 2.45) is 0 Å². The van der Waals surface area contributed by atoms with Crippen LogP contribution in [-0.2, 0) is 0 Å². The number of hydrogen-bond donors (Lipinski definition) is 0. The van der Waals surface area contributed by atoms with E-state index >= 15 is 0 Å². The van der Waals surface area contributed by atoms with Gasteiger partial charge in [-0.1, -0.05) is 6.42 Å². The molecule has 0 radical (unpaired) electrons. The number of rotatable bonds is 1. The lowest BCUT2D eigenvalue weighted by atomic mass is 9.99. The van der Waals surface area contributed by atoms with E-state index in [1.165, 1.54) is 25.8 Å². The molecule has 2 aliphatic rings. The summed E-state index contributed by atoms with van der Waals surface area (Å²) in [4.78, 5) is 16.7. The first-order valence-electron chi connectivity index (χ1n) is 6.53. The fourth-order valence-corrected chi connectivity index (χ4v) is 3.23. The first-order chi connectivity index (χ1) is 8.74. The van der Waals surface area contributed by atoms with Crippen LogP contribution in [0.15, 0.2) is 21.2 Å². The highest BCUT2D eigenvalue weighted by Crippen LogP contribution is 2.23. The number of nitrogens with zero attached hydrogens (tertiary/aromatic N) is 2. The molecule has 18 heavy (non-hydrogen) atoms. The smallest absolute Gasteiger partial charge is 0.289 e. The standard InChI is InChI=1S/C13H17BrN2O2/c14-12-5-4-11(18-12)13(17)16-8-7-15-6-2-1-3-10(15)9-16/h4-5,10H,1-3,6-9H2/t10-/m0/s1. The summed E-state index contributed by atoms with van der Waals surface area (Å²) < 4.78 is 5.96. The molecule has 5 heteroatoms. The van der Waals surface area contributed by atoms with Crippen LogP contribution in [0.5, 0.6) is 0 Å². The van der Waals surface area contributed by atoms with E-state index in [4.69, 9.17) is 4.42 Å². The van der Waals surface area contributed by atoms with Crippen molar-refractivity contribution in [2.75, 3.05) is 26.2 Å². The van der Waals surface area contributed by atoms with Crippen molar-refractivity contribution in [1.29, 1.82) is 0 Å². The Kier molecular flexibility index (Phi) is 3.43. The molecule has 2 saturated heterocycles. The Hall–Kier alpha value is -0.810. The highest BCUT2D eigenvalue weighted by Gasteiger charge is 2.32. The fourth-order valence-electron chi connectivity index (χ4n) is 2.93. The maximum Gasteiger partial charge on any atom is 0.289 e. The molecule has 0 aromatic carbocycles. The van der Waals surface area contributed by atoms with Gasteiger partial charge in [-0.15, -0.1) is 0 Å². The van der Waals surface area contributed by atoms with Crippen LogP contribution in [-0.4, -0.2) is 47.9 Å². The van der Waals surface area contributed by atoms with Crippen LogP contribution in [0.1, 0.15) is 29.8 Å². The number of piperidine rings is 1. The summed E-state index contributed by atoms with van der Waals surface area (Å²) in [5.74, 6) is 0.456. The SMILES string of the molecule is O=C(c1ccc(Br)o1)N1CCN2CCCC[C@H]2C1. The van der Waals surface area contributed by atoms with Gasteiger partial charge in [-0.3, -0.25) is 9.69 Å². The van der Waals surface area contributed by atoms with Gasteiger partial charge in [0, 0.05) is 25.7 Å². The molecule has 1 amide bonds. The molecule has 98 valence electrons. The number of carbonyl (C=O) groups excluding carboxylic acids is 1. The maximum atomic E-state index is 12.3. The van der Waals surface area contributed by atoms with Crippen LogP contribution in [0.25, 0.3) is 0 Å². The molecule has 0 bridgehead atoms. The summed E-state index contributed by atoms with van der Waals surface area (Å²) in [5, 5.41) is 0. The van der Waals surface area contributed by atoms with Crippen LogP contribution in [0, 0.1) is 0 Å². The van der Waals surface area contributed by atoms with E-state index in [2.05, 4.69) is 20.8 Å². The highest BCUT2D eigenvalue weighted by molar-refractivity contribution is 9.10. The van der Waals surface area contributed by atoms with Gasteiger partial charge < -0.3 is 9.32 Å². The number of hydrogen-bond acceptors (Lipinski definition) is 3. The molecule has 2 aliphatic heterocycles. The van der Waals surface area contributed by atoms with Gasteiger partial charge in [-0.25, -0.2) is 0 Å². The minimum absolute atomic E-state index is 0.0194. The lowest BCUT2D eigenvalue weighted by Gasteiger charge is -2.43. The van der Waals surface area contributed by atoms with Crippen LogP contribution in [0.2, 0.25) is 0 Å². The van der Waals surface area contributed by atoms with Gasteiger partial charge in [-0.05, 0) is 47.4 Å². The zero-order valence-corrected chi connectivity index (χ0v) is 11.9. The molecule has 1 aromatic rings. The first-order valence-corrected chi connectivity index (χ1v) is 7.32. The van der Waals surface area contributed by atoms with Gasteiger partial charge in [0.15, 0.2) is 10.4 Å². The number of fused-ring (bicyclic) bond motifs is 1. The minimum atomic E-state index is 0.0194. The summed E-state index contributed by atoms with van der Waals surface area (Å²) in [6.45, 7) is 3.85. The Morgan fingerprint density at radius 2 is 2.17 bits per heavy atom. The summed E-state index contributed by atoms with van der Waals surface area (Å²) in [6, 6.07) is 4.05. The number of halogens is 1. The lowest BCUT2D eigenvalue weighted by molar-refractivity contribution is 0.0349. The molecule has 1 aromatic heterocycles. The van der Waals surface area contributed by atoms with E-state index in [9.17, 15) is 4.79 Å². The zero-order chi connectivity index (χ0) is 12.5. The van der Waals surface area contributed by atoms with E-state index in [0.717, 1.165) is 19.6 Å². The fraction of sp³-hybridized carbons (Fsp3) is 0.615. The summed E-state index contributed by atoms with van der Waals surface area (Å²) in [7, 11) is 0. The Labute approximate surface area is 115 Å². The van der Waals surface area contributed by atoms with Gasteiger partial charge in [0.2, 0.25) is 0 Å². The monoisotopic (exact) mass is 312 g/mol. The maximum absolute atomic E-state index is 12.3. The largest absolute Gasteiger partial charge is 0.444 e. The second kappa shape index (κ2) is 5.05. The molecule has 0 unspecified atom stereocenters. The quantitative estimate of drug-likeness (QED) is 0.798. The normalized spacial score (nSPS) is 24.9. The molecule has 1 atom stereocenters. The van der Waals surface area contributed by atoms with Gasteiger partial charge in [0.1, 0.15) is 0 Å². The highest BCUT2D eigenvalue weighted by atomic mass is 79.9. The molecule has 4 nitrogen and oxygen atoms in total. The molecular weight excluding hydrogens is 296 g/mol. The van der Waals surface area contributed by atoms with E-state index in [1.807, 2.05) is 4.90 Å². The Bertz CT molecular complexity index is 446. The topological polar surface area (TPSA) is 36.7 Å². The molecule has 3 rings (SSSR count). The number of piperazine rings is 1. The third-order valence-electron chi connectivity index (χ3n) is 3.91. The summed E-state index contributed by atoms with van der Waals surface area (Å²) in [5.41, 5.74) is 0. The van der Waals surface area contributed by atoms with Crippen LogP contribution in [0.3, 0.4) is 0 Å². The first kappa shape index (κ1) is 12.2. The third-order valence-corrected chi connectivity index (χ3v) is 4.33. The average molecular weight is 313 g/mol. The van der Waals surface area contributed by atoms with Crippen LogP contribution in [0.4, 0.5) is 0 Å². The van der Waals surface area contributed by atoms with Crippen molar-refractivity contribution < 1.29 is 9.21 Å². The Balaban J connectivity index is 1.68. The number of amides is 1. The molecule has 2 fully saturated rings. The van der Waals surface area contributed by atoms with Crippen LogP contribution < -0.4 is 0 Å². The van der Waals surface area contributed by atoms with Gasteiger partial charge >= 0.3 is 0 Å². The third kappa shape index (κ3) is 2.34. The predicted octanol–water partition coefficient (Wildman–Crippen LogP) is 2.35. The van der Waals surface area contributed by atoms with Crippen LogP contribution >= 0.6 is 15.9 Å². The number of carbonyl (C=O) groups is 1. The van der Waals surface area contributed by atoms with Crippen molar-refractivity contribution in [3.05, 3.63) is 22.6 Å². The van der Waals surface area contributed by atoms with E-state index in [0.29, 0.717) is 16.5 Å². The Morgan fingerprint density at radius 3 is 2.94 bits per heavy atom. The molecule has 0 N–H and O–H groups in total. The Morgan fingerprint density at radius 1 is 1.28 bits per heavy atom. The summed E-state index contributed by atoms with van der Waals surface area (Å²) in [6.07, 6.45) is 3.80. The summed E-state index contributed by atoms with van der Waals surface area (Å²) >= 11 is 3.23. The van der Waals surface area contributed by atoms with Crippen molar-refractivity contribution in [3.63, 3.8) is 0 Å². The van der Waals surface area contributed by atoms with Gasteiger partial charge in [0.05, 0.1) is 0 Å². The van der Waals surface area contributed by atoms with Crippen molar-refractivity contribution in [1.82, 2.24) is 9.80 Å². The van der Waals surface area contributed by atoms with Gasteiger partial charge in [0.25, 0.3) is 5.91 Å². The predicted molar refractivity (Wildman–Crippen MR) is 71.5 cm³/mol. The van der Waals surface area contributed by atoms with E-state index < -0.39 is 0 Å².